The van der Waals surface area contributed by atoms with E-state index in [0.717, 1.165) is 5.92 Å². The second-order valence-electron chi connectivity index (χ2n) is 5.67. The molecule has 19 heavy (non-hydrogen) atoms. The second-order valence-corrected chi connectivity index (χ2v) is 5.67. The highest BCUT2D eigenvalue weighted by Crippen LogP contribution is 2.24. The first-order chi connectivity index (χ1) is 8.68. The number of nitrogens with zero attached hydrogens (tertiary/aromatic N) is 1. The SMILES string of the molecule is Cc1ccccc1C(C)N(C)CC1CCNCC1.Cl. The fourth-order valence-corrected chi connectivity index (χ4v) is 2.92. The molecule has 1 aromatic rings. The van der Waals surface area contributed by atoms with Gasteiger partial charge in [0, 0.05) is 12.6 Å². The molecule has 1 N–H and O–H groups in total. The number of hydrogen-bond acceptors (Lipinski definition) is 2. The van der Waals surface area contributed by atoms with Crippen LogP contribution in [0.3, 0.4) is 0 Å². The Morgan fingerprint density at radius 3 is 2.53 bits per heavy atom. The number of hydrogen-bond donors (Lipinski definition) is 1. The zero-order valence-corrected chi connectivity index (χ0v) is 13.2. The minimum Gasteiger partial charge on any atom is -0.317 e. The van der Waals surface area contributed by atoms with Gasteiger partial charge in [-0.2, -0.15) is 0 Å². The van der Waals surface area contributed by atoms with E-state index in [1.807, 2.05) is 0 Å². The van der Waals surface area contributed by atoms with E-state index in [9.17, 15) is 0 Å². The smallest absolute Gasteiger partial charge is 0.0319 e. The van der Waals surface area contributed by atoms with E-state index in [1.165, 1.54) is 43.6 Å². The third-order valence-corrected chi connectivity index (χ3v) is 4.30. The monoisotopic (exact) mass is 282 g/mol. The summed E-state index contributed by atoms with van der Waals surface area (Å²) in [7, 11) is 2.26. The minimum atomic E-state index is 0. The molecule has 0 amide bonds. The first kappa shape index (κ1) is 16.5. The van der Waals surface area contributed by atoms with Gasteiger partial charge < -0.3 is 5.32 Å². The lowest BCUT2D eigenvalue weighted by atomic mass is 9.95. The molecule has 1 unspecified atom stereocenters. The van der Waals surface area contributed by atoms with E-state index in [2.05, 4.69) is 55.4 Å². The Balaban J connectivity index is 0.00000180. The fraction of sp³-hybridized carbons (Fsp3) is 0.625. The molecule has 3 heteroatoms. The molecule has 1 aliphatic heterocycles. The van der Waals surface area contributed by atoms with Crippen molar-refractivity contribution < 1.29 is 0 Å². The van der Waals surface area contributed by atoms with Crippen molar-refractivity contribution in [1.82, 2.24) is 10.2 Å². The van der Waals surface area contributed by atoms with Crippen LogP contribution in [0.25, 0.3) is 0 Å². The summed E-state index contributed by atoms with van der Waals surface area (Å²) in [5, 5.41) is 3.44. The van der Waals surface area contributed by atoms with Crippen molar-refractivity contribution in [3.05, 3.63) is 35.4 Å². The number of piperidine rings is 1. The average molecular weight is 283 g/mol. The molecule has 0 radical (unpaired) electrons. The van der Waals surface area contributed by atoms with Gasteiger partial charge in [-0.05, 0) is 63.9 Å². The Kier molecular flexibility index (Phi) is 6.84. The second kappa shape index (κ2) is 7.88. The van der Waals surface area contributed by atoms with E-state index in [1.54, 1.807) is 0 Å². The van der Waals surface area contributed by atoms with Gasteiger partial charge in [-0.25, -0.2) is 0 Å². The van der Waals surface area contributed by atoms with Crippen LogP contribution in [0.1, 0.15) is 36.9 Å². The van der Waals surface area contributed by atoms with Crippen molar-refractivity contribution in [3.8, 4) is 0 Å². The summed E-state index contributed by atoms with van der Waals surface area (Å²) in [6.45, 7) is 8.14. The van der Waals surface area contributed by atoms with Crippen LogP contribution < -0.4 is 5.32 Å². The summed E-state index contributed by atoms with van der Waals surface area (Å²) >= 11 is 0. The van der Waals surface area contributed by atoms with Crippen molar-refractivity contribution in [2.75, 3.05) is 26.7 Å². The molecule has 2 rings (SSSR count). The Bertz CT molecular complexity index is 375. The number of halogens is 1. The van der Waals surface area contributed by atoms with Crippen LogP contribution in [0.15, 0.2) is 24.3 Å². The topological polar surface area (TPSA) is 15.3 Å². The third-order valence-electron chi connectivity index (χ3n) is 4.30. The molecule has 0 bridgehead atoms. The van der Waals surface area contributed by atoms with Crippen molar-refractivity contribution in [2.24, 2.45) is 5.92 Å². The highest BCUT2D eigenvalue weighted by molar-refractivity contribution is 5.85. The summed E-state index contributed by atoms with van der Waals surface area (Å²) in [5.41, 5.74) is 2.87. The predicted octanol–water partition coefficient (Wildman–Crippen LogP) is 3.41. The van der Waals surface area contributed by atoms with Crippen LogP contribution in [-0.2, 0) is 0 Å². The fourth-order valence-electron chi connectivity index (χ4n) is 2.92. The van der Waals surface area contributed by atoms with Gasteiger partial charge in [0.15, 0.2) is 0 Å². The van der Waals surface area contributed by atoms with E-state index in [-0.39, 0.29) is 12.4 Å². The molecule has 0 saturated carbocycles. The Labute approximate surface area is 124 Å². The van der Waals surface area contributed by atoms with Crippen LogP contribution in [0.5, 0.6) is 0 Å². The Morgan fingerprint density at radius 2 is 1.89 bits per heavy atom. The van der Waals surface area contributed by atoms with Gasteiger partial charge in [0.05, 0.1) is 0 Å². The average Bonchev–Trinajstić information content (AvgIpc) is 2.39. The highest BCUT2D eigenvalue weighted by atomic mass is 35.5. The number of benzene rings is 1. The predicted molar refractivity (Wildman–Crippen MR) is 85.1 cm³/mol. The number of aryl methyl sites for hydroxylation is 1. The van der Waals surface area contributed by atoms with Crippen LogP contribution >= 0.6 is 12.4 Å². The maximum absolute atomic E-state index is 3.44. The molecule has 2 nitrogen and oxygen atoms in total. The molecular weight excluding hydrogens is 256 g/mol. The first-order valence-corrected chi connectivity index (χ1v) is 7.15. The summed E-state index contributed by atoms with van der Waals surface area (Å²) in [4.78, 5) is 2.51. The van der Waals surface area contributed by atoms with Crippen LogP contribution in [0, 0.1) is 12.8 Å². The van der Waals surface area contributed by atoms with Crippen molar-refractivity contribution >= 4 is 12.4 Å². The maximum atomic E-state index is 3.44. The summed E-state index contributed by atoms with van der Waals surface area (Å²) in [6, 6.07) is 9.26. The van der Waals surface area contributed by atoms with Gasteiger partial charge in [-0.15, -0.1) is 12.4 Å². The van der Waals surface area contributed by atoms with Crippen LogP contribution in [0.4, 0.5) is 0 Å². The highest BCUT2D eigenvalue weighted by Gasteiger charge is 2.19. The zero-order chi connectivity index (χ0) is 13.0. The van der Waals surface area contributed by atoms with Gasteiger partial charge in [0.2, 0.25) is 0 Å². The molecule has 1 fully saturated rings. The van der Waals surface area contributed by atoms with E-state index >= 15 is 0 Å². The van der Waals surface area contributed by atoms with Crippen molar-refractivity contribution in [2.45, 2.75) is 32.7 Å². The molecule has 108 valence electrons. The molecule has 0 spiro atoms. The lowest BCUT2D eigenvalue weighted by Gasteiger charge is -2.32. The Hall–Kier alpha value is -0.570. The molecule has 1 saturated heterocycles. The normalized spacial score (nSPS) is 18.1. The van der Waals surface area contributed by atoms with E-state index in [4.69, 9.17) is 0 Å². The third kappa shape index (κ3) is 4.48. The largest absolute Gasteiger partial charge is 0.317 e. The van der Waals surface area contributed by atoms with Crippen molar-refractivity contribution in [1.29, 1.82) is 0 Å². The first-order valence-electron chi connectivity index (χ1n) is 7.15. The summed E-state index contributed by atoms with van der Waals surface area (Å²) in [6.07, 6.45) is 2.65. The quantitative estimate of drug-likeness (QED) is 0.910. The van der Waals surface area contributed by atoms with Crippen molar-refractivity contribution in [3.63, 3.8) is 0 Å². The number of nitrogens with one attached hydrogen (secondary N) is 1. The molecule has 0 aromatic heterocycles. The van der Waals surface area contributed by atoms with Gasteiger partial charge >= 0.3 is 0 Å². The lowest BCUT2D eigenvalue weighted by Crippen LogP contribution is -2.35. The maximum Gasteiger partial charge on any atom is 0.0319 e. The van der Waals surface area contributed by atoms with Gasteiger partial charge in [-0.1, -0.05) is 24.3 Å². The lowest BCUT2D eigenvalue weighted by molar-refractivity contribution is 0.196. The molecular formula is C16H27ClN2. The van der Waals surface area contributed by atoms with Gasteiger partial charge in [0.25, 0.3) is 0 Å². The molecule has 1 aliphatic rings. The van der Waals surface area contributed by atoms with Gasteiger partial charge in [0.1, 0.15) is 0 Å². The standard InChI is InChI=1S/C16H26N2.ClH/c1-13-6-4-5-7-16(13)14(2)18(3)12-15-8-10-17-11-9-15;/h4-7,14-15,17H,8-12H2,1-3H3;1H. The molecule has 1 heterocycles. The zero-order valence-electron chi connectivity index (χ0n) is 12.4. The minimum absolute atomic E-state index is 0. The Morgan fingerprint density at radius 1 is 1.26 bits per heavy atom. The molecule has 1 aromatic carbocycles. The summed E-state index contributed by atoms with van der Waals surface area (Å²) < 4.78 is 0. The van der Waals surface area contributed by atoms with E-state index in [0.29, 0.717) is 6.04 Å². The van der Waals surface area contributed by atoms with Gasteiger partial charge in [-0.3, -0.25) is 4.90 Å². The summed E-state index contributed by atoms with van der Waals surface area (Å²) in [5.74, 6) is 0.864. The van der Waals surface area contributed by atoms with E-state index < -0.39 is 0 Å². The van der Waals surface area contributed by atoms with Crippen LogP contribution in [-0.4, -0.2) is 31.6 Å². The molecule has 1 atom stereocenters. The molecule has 0 aliphatic carbocycles. The number of rotatable bonds is 4. The van der Waals surface area contributed by atoms with Crippen LogP contribution in [0.2, 0.25) is 0 Å².